The fraction of sp³-hybridized carbons (Fsp3) is 0.167. The van der Waals surface area contributed by atoms with Crippen molar-refractivity contribution < 1.29 is 17.6 Å². The molecule has 0 bridgehead atoms. The molecule has 1 aromatic carbocycles. The van der Waals surface area contributed by atoms with Crippen LogP contribution in [0, 0.1) is 5.82 Å². The number of rotatable bonds is 3. The molecule has 2 aromatic rings. The Bertz CT molecular complexity index is 613. The summed E-state index contributed by atoms with van der Waals surface area (Å²) in [5.74, 6) is -1.24. The topological polar surface area (TPSA) is 63.8 Å². The molecular weight excluding hydrogens is 276 g/mol. The van der Waals surface area contributed by atoms with E-state index < -0.39 is 17.6 Å². The summed E-state index contributed by atoms with van der Waals surface area (Å²) in [5, 5.41) is 2.57. The van der Waals surface area contributed by atoms with Gasteiger partial charge in [-0.3, -0.25) is 0 Å². The Morgan fingerprint density at radius 2 is 1.95 bits per heavy atom. The molecule has 1 heterocycles. The molecular formula is C12H10F4N4. The van der Waals surface area contributed by atoms with Gasteiger partial charge < -0.3 is 11.1 Å². The van der Waals surface area contributed by atoms with Crippen molar-refractivity contribution in [3.05, 3.63) is 47.5 Å². The van der Waals surface area contributed by atoms with Crippen molar-refractivity contribution in [2.75, 3.05) is 5.32 Å². The van der Waals surface area contributed by atoms with Crippen molar-refractivity contribution in [2.24, 2.45) is 5.73 Å². The maximum atomic E-state index is 13.1. The van der Waals surface area contributed by atoms with Crippen LogP contribution in [0.4, 0.5) is 29.2 Å². The fourth-order valence-corrected chi connectivity index (χ4v) is 1.52. The van der Waals surface area contributed by atoms with Gasteiger partial charge in [0, 0.05) is 18.4 Å². The zero-order valence-corrected chi connectivity index (χ0v) is 10.1. The summed E-state index contributed by atoms with van der Waals surface area (Å²) in [5.41, 5.74) is 4.61. The maximum absolute atomic E-state index is 13.1. The quantitative estimate of drug-likeness (QED) is 0.852. The lowest BCUT2D eigenvalue weighted by Gasteiger charge is -2.11. The highest BCUT2D eigenvalue weighted by molar-refractivity contribution is 5.55. The van der Waals surface area contributed by atoms with E-state index in [0.29, 0.717) is 11.8 Å². The highest BCUT2D eigenvalue weighted by atomic mass is 19.4. The third-order valence-electron chi connectivity index (χ3n) is 2.45. The van der Waals surface area contributed by atoms with Crippen LogP contribution in [0.15, 0.2) is 30.5 Å². The Hall–Kier alpha value is -2.22. The Balaban J connectivity index is 2.30. The summed E-state index contributed by atoms with van der Waals surface area (Å²) >= 11 is 0. The second-order valence-electron chi connectivity index (χ2n) is 3.89. The second-order valence-corrected chi connectivity index (χ2v) is 3.89. The molecule has 0 aliphatic rings. The monoisotopic (exact) mass is 286 g/mol. The Morgan fingerprint density at radius 3 is 2.60 bits per heavy atom. The number of nitrogens with two attached hydrogens (primary N) is 1. The van der Waals surface area contributed by atoms with Gasteiger partial charge in [0.05, 0.1) is 11.3 Å². The number of hydrogen-bond donors (Lipinski definition) is 2. The molecule has 2 rings (SSSR count). The molecule has 4 nitrogen and oxygen atoms in total. The van der Waals surface area contributed by atoms with Gasteiger partial charge in [0.15, 0.2) is 0 Å². The Kier molecular flexibility index (Phi) is 3.84. The van der Waals surface area contributed by atoms with E-state index in [9.17, 15) is 17.6 Å². The molecule has 106 valence electrons. The number of hydrogen-bond acceptors (Lipinski definition) is 4. The van der Waals surface area contributed by atoms with Gasteiger partial charge in [0.1, 0.15) is 5.82 Å². The molecule has 20 heavy (non-hydrogen) atoms. The van der Waals surface area contributed by atoms with E-state index in [2.05, 4.69) is 15.3 Å². The average Bonchev–Trinajstić information content (AvgIpc) is 2.40. The molecule has 0 aliphatic heterocycles. The van der Waals surface area contributed by atoms with Crippen LogP contribution in [-0.2, 0) is 12.7 Å². The lowest BCUT2D eigenvalue weighted by Crippen LogP contribution is -2.09. The number of nitrogens with one attached hydrogen (secondary N) is 1. The molecule has 0 saturated carbocycles. The number of halogens is 4. The van der Waals surface area contributed by atoms with Gasteiger partial charge in [0.2, 0.25) is 5.95 Å². The number of nitrogens with zero attached hydrogens (tertiary/aromatic N) is 2. The highest BCUT2D eigenvalue weighted by Gasteiger charge is 2.34. The third-order valence-corrected chi connectivity index (χ3v) is 2.45. The predicted molar refractivity (Wildman–Crippen MR) is 64.6 cm³/mol. The SMILES string of the molecule is NCc1ccnc(Nc2ccc(F)c(C(F)(F)F)c2)n1. The first kappa shape index (κ1) is 14.2. The number of aromatic nitrogens is 2. The van der Waals surface area contributed by atoms with Crippen molar-refractivity contribution in [3.8, 4) is 0 Å². The summed E-state index contributed by atoms with van der Waals surface area (Å²) < 4.78 is 50.8. The normalized spacial score (nSPS) is 11.4. The van der Waals surface area contributed by atoms with Gasteiger partial charge in [-0.15, -0.1) is 0 Å². The lowest BCUT2D eigenvalue weighted by atomic mass is 10.2. The first-order valence-corrected chi connectivity index (χ1v) is 5.56. The van der Waals surface area contributed by atoms with Crippen molar-refractivity contribution in [1.82, 2.24) is 9.97 Å². The standard InChI is InChI=1S/C12H10F4N4/c13-10-2-1-7(5-9(10)12(14,15)16)19-11-18-4-3-8(6-17)20-11/h1-5H,6,17H2,(H,18,19,20). The van der Waals surface area contributed by atoms with E-state index in [0.717, 1.165) is 6.07 Å². The smallest absolute Gasteiger partial charge is 0.325 e. The van der Waals surface area contributed by atoms with Crippen LogP contribution in [0.1, 0.15) is 11.3 Å². The minimum absolute atomic E-state index is 0.0351. The summed E-state index contributed by atoms with van der Waals surface area (Å²) in [6, 6.07) is 4.14. The van der Waals surface area contributed by atoms with Crippen LogP contribution in [0.5, 0.6) is 0 Å². The van der Waals surface area contributed by atoms with Gasteiger partial charge in [-0.05, 0) is 24.3 Å². The number of alkyl halides is 3. The molecule has 0 atom stereocenters. The maximum Gasteiger partial charge on any atom is 0.419 e. The summed E-state index contributed by atoms with van der Waals surface area (Å²) in [7, 11) is 0. The van der Waals surface area contributed by atoms with Crippen molar-refractivity contribution in [3.63, 3.8) is 0 Å². The molecule has 0 spiro atoms. The van der Waals surface area contributed by atoms with Crippen LogP contribution in [-0.4, -0.2) is 9.97 Å². The Labute approximate surface area is 111 Å². The zero-order valence-electron chi connectivity index (χ0n) is 10.1. The molecule has 0 unspecified atom stereocenters. The van der Waals surface area contributed by atoms with Gasteiger partial charge in [-0.2, -0.15) is 13.2 Å². The minimum atomic E-state index is -4.76. The minimum Gasteiger partial charge on any atom is -0.325 e. The highest BCUT2D eigenvalue weighted by Crippen LogP contribution is 2.33. The lowest BCUT2D eigenvalue weighted by molar-refractivity contribution is -0.139. The van der Waals surface area contributed by atoms with Crippen molar-refractivity contribution >= 4 is 11.6 Å². The molecule has 0 radical (unpaired) electrons. The van der Waals surface area contributed by atoms with Crippen molar-refractivity contribution in [1.29, 1.82) is 0 Å². The van der Waals surface area contributed by atoms with E-state index in [1.807, 2.05) is 0 Å². The fourth-order valence-electron chi connectivity index (χ4n) is 1.52. The van der Waals surface area contributed by atoms with Gasteiger partial charge in [0.25, 0.3) is 0 Å². The average molecular weight is 286 g/mol. The summed E-state index contributed by atoms with van der Waals surface area (Å²) in [6.45, 7) is 0.175. The molecule has 0 amide bonds. The molecule has 0 aliphatic carbocycles. The molecule has 0 saturated heterocycles. The van der Waals surface area contributed by atoms with E-state index >= 15 is 0 Å². The van der Waals surface area contributed by atoms with E-state index in [4.69, 9.17) is 5.73 Å². The van der Waals surface area contributed by atoms with Gasteiger partial charge in [-0.1, -0.05) is 0 Å². The van der Waals surface area contributed by atoms with E-state index in [1.54, 1.807) is 6.07 Å². The second kappa shape index (κ2) is 5.41. The van der Waals surface area contributed by atoms with Crippen LogP contribution >= 0.6 is 0 Å². The van der Waals surface area contributed by atoms with Crippen LogP contribution in [0.3, 0.4) is 0 Å². The van der Waals surface area contributed by atoms with Crippen LogP contribution in [0.25, 0.3) is 0 Å². The van der Waals surface area contributed by atoms with E-state index in [-0.39, 0.29) is 18.2 Å². The van der Waals surface area contributed by atoms with Crippen LogP contribution < -0.4 is 11.1 Å². The number of anilines is 2. The first-order valence-electron chi connectivity index (χ1n) is 5.56. The Morgan fingerprint density at radius 1 is 1.20 bits per heavy atom. The van der Waals surface area contributed by atoms with Gasteiger partial charge >= 0.3 is 6.18 Å². The molecule has 8 heteroatoms. The van der Waals surface area contributed by atoms with Crippen LogP contribution in [0.2, 0.25) is 0 Å². The van der Waals surface area contributed by atoms with Crippen molar-refractivity contribution in [2.45, 2.75) is 12.7 Å². The largest absolute Gasteiger partial charge is 0.419 e. The number of benzene rings is 1. The molecule has 0 fully saturated rings. The summed E-state index contributed by atoms with van der Waals surface area (Å²) in [6.07, 6.45) is -3.34. The first-order chi connectivity index (χ1) is 9.40. The third kappa shape index (κ3) is 3.21. The predicted octanol–water partition coefficient (Wildman–Crippen LogP) is 2.84. The summed E-state index contributed by atoms with van der Waals surface area (Å²) in [4.78, 5) is 7.82. The van der Waals surface area contributed by atoms with Gasteiger partial charge in [-0.25, -0.2) is 14.4 Å². The molecule has 3 N–H and O–H groups in total. The zero-order chi connectivity index (χ0) is 14.8. The molecule has 1 aromatic heterocycles. The van der Waals surface area contributed by atoms with E-state index in [1.165, 1.54) is 12.3 Å².